The lowest BCUT2D eigenvalue weighted by Crippen LogP contribution is -2.06. The van der Waals surface area contributed by atoms with E-state index >= 15 is 0 Å². The van der Waals surface area contributed by atoms with Gasteiger partial charge >= 0.3 is 5.97 Å². The Hall–Kier alpha value is -3.28. The number of non-ortho nitro benzene ring substituents is 1. The molecule has 2 rings (SSSR count). The molecule has 0 fully saturated rings. The van der Waals surface area contributed by atoms with Crippen molar-refractivity contribution in [1.82, 2.24) is 0 Å². The minimum atomic E-state index is -0.516. The van der Waals surface area contributed by atoms with Crippen LogP contribution in [0.4, 0.5) is 10.1 Å². The highest BCUT2D eigenvalue weighted by atomic mass is 19.1. The third kappa shape index (κ3) is 7.70. The van der Waals surface area contributed by atoms with Crippen molar-refractivity contribution in [2.75, 3.05) is 0 Å². The van der Waals surface area contributed by atoms with Gasteiger partial charge in [-0.3, -0.25) is 14.9 Å². The molecule has 5 nitrogen and oxygen atoms in total. The van der Waals surface area contributed by atoms with Crippen LogP contribution in [-0.2, 0) is 4.79 Å². The molecule has 0 unspecified atom stereocenters. The van der Waals surface area contributed by atoms with Gasteiger partial charge in [-0.2, -0.15) is 0 Å². The number of allylic oxidation sites excluding steroid dienone is 3. The largest absolute Gasteiger partial charge is 0.426 e. The van der Waals surface area contributed by atoms with Crippen LogP contribution in [0.1, 0.15) is 44.6 Å². The zero-order valence-electron chi connectivity index (χ0n) is 16.3. The Kier molecular flexibility index (Phi) is 8.76. The Bertz CT molecular complexity index is 888. The first kappa shape index (κ1) is 22.0. The average Bonchev–Trinajstić information content (AvgIpc) is 2.70. The second-order valence-electron chi connectivity index (χ2n) is 6.52. The van der Waals surface area contributed by atoms with Crippen molar-refractivity contribution in [2.45, 2.75) is 39.0 Å². The van der Waals surface area contributed by atoms with E-state index in [1.807, 2.05) is 12.1 Å². The molecule has 2 aromatic rings. The standard InChI is InChI=1S/C23H24FNO4/c1-2-3-4-8-18(19-10-7-11-20(24)17-19)9-5-6-12-23(26)29-22-15-13-21(14-16-22)25(27)28/h5-7,9-11,13-17H,2-4,8,12H2,1H3/b6-5+,18-9-. The summed E-state index contributed by atoms with van der Waals surface area (Å²) in [5.74, 6) is -0.495. The zero-order valence-corrected chi connectivity index (χ0v) is 16.3. The highest BCUT2D eigenvalue weighted by Crippen LogP contribution is 2.22. The van der Waals surface area contributed by atoms with Crippen LogP contribution in [0.5, 0.6) is 5.75 Å². The normalized spacial score (nSPS) is 11.6. The van der Waals surface area contributed by atoms with E-state index in [0.717, 1.165) is 36.8 Å². The third-order valence-electron chi connectivity index (χ3n) is 4.24. The molecule has 2 aromatic carbocycles. The Morgan fingerprint density at radius 1 is 1.17 bits per heavy atom. The molecular formula is C23H24FNO4. The van der Waals surface area contributed by atoms with Gasteiger partial charge in [-0.15, -0.1) is 0 Å². The number of hydrogen-bond donors (Lipinski definition) is 0. The van der Waals surface area contributed by atoms with E-state index in [4.69, 9.17) is 4.74 Å². The van der Waals surface area contributed by atoms with Crippen LogP contribution in [0.2, 0.25) is 0 Å². The van der Waals surface area contributed by atoms with Gasteiger partial charge in [0.25, 0.3) is 5.69 Å². The number of esters is 1. The second kappa shape index (κ2) is 11.5. The predicted octanol–water partition coefficient (Wildman–Crippen LogP) is 6.25. The molecule has 152 valence electrons. The number of carbonyl (C=O) groups is 1. The summed E-state index contributed by atoms with van der Waals surface area (Å²) in [5, 5.41) is 10.6. The monoisotopic (exact) mass is 397 g/mol. The number of hydrogen-bond acceptors (Lipinski definition) is 4. The van der Waals surface area contributed by atoms with Crippen LogP contribution >= 0.6 is 0 Å². The molecule has 0 bridgehead atoms. The SMILES string of the molecule is CCCCC/C(=C/C=C/CC(=O)Oc1ccc([N+](=O)[O-])cc1)c1cccc(F)c1. The van der Waals surface area contributed by atoms with Gasteiger partial charge in [-0.05, 0) is 48.2 Å². The number of ether oxygens (including phenoxy) is 1. The van der Waals surface area contributed by atoms with E-state index in [2.05, 4.69) is 6.92 Å². The number of carbonyl (C=O) groups excluding carboxylic acids is 1. The van der Waals surface area contributed by atoms with Crippen molar-refractivity contribution in [3.63, 3.8) is 0 Å². The van der Waals surface area contributed by atoms with E-state index in [9.17, 15) is 19.3 Å². The van der Waals surface area contributed by atoms with Gasteiger partial charge in [0.1, 0.15) is 11.6 Å². The highest BCUT2D eigenvalue weighted by molar-refractivity contribution is 5.74. The number of nitro benzene ring substituents is 1. The molecule has 0 aliphatic rings. The van der Waals surface area contributed by atoms with Gasteiger partial charge in [0.05, 0.1) is 11.3 Å². The molecule has 0 saturated carbocycles. The van der Waals surface area contributed by atoms with Crippen molar-refractivity contribution in [2.24, 2.45) is 0 Å². The van der Waals surface area contributed by atoms with Crippen LogP contribution in [0.15, 0.2) is 66.8 Å². The summed E-state index contributed by atoms with van der Waals surface area (Å²) in [5.41, 5.74) is 1.78. The maximum absolute atomic E-state index is 13.5. The van der Waals surface area contributed by atoms with Gasteiger partial charge in [-0.25, -0.2) is 4.39 Å². The van der Waals surface area contributed by atoms with Gasteiger partial charge in [0.2, 0.25) is 0 Å². The van der Waals surface area contributed by atoms with Crippen molar-refractivity contribution >= 4 is 17.2 Å². The van der Waals surface area contributed by atoms with E-state index in [1.54, 1.807) is 18.2 Å². The van der Waals surface area contributed by atoms with Crippen molar-refractivity contribution in [1.29, 1.82) is 0 Å². The van der Waals surface area contributed by atoms with Crippen LogP contribution in [0.25, 0.3) is 5.57 Å². The lowest BCUT2D eigenvalue weighted by atomic mass is 9.99. The van der Waals surface area contributed by atoms with E-state index < -0.39 is 10.9 Å². The molecular weight excluding hydrogens is 373 g/mol. The minimum Gasteiger partial charge on any atom is -0.426 e. The second-order valence-corrected chi connectivity index (χ2v) is 6.52. The fourth-order valence-electron chi connectivity index (χ4n) is 2.74. The number of nitrogens with zero attached hydrogens (tertiary/aromatic N) is 1. The molecule has 0 spiro atoms. The molecule has 0 aromatic heterocycles. The van der Waals surface area contributed by atoms with Crippen molar-refractivity contribution in [3.8, 4) is 5.75 Å². The van der Waals surface area contributed by atoms with Gasteiger partial charge in [0.15, 0.2) is 0 Å². The lowest BCUT2D eigenvalue weighted by molar-refractivity contribution is -0.384. The predicted molar refractivity (Wildman–Crippen MR) is 111 cm³/mol. The molecule has 29 heavy (non-hydrogen) atoms. The fourth-order valence-corrected chi connectivity index (χ4v) is 2.74. The molecule has 0 aliphatic heterocycles. The fraction of sp³-hybridized carbons (Fsp3) is 0.261. The van der Waals surface area contributed by atoms with E-state index in [-0.39, 0.29) is 23.7 Å². The number of halogens is 1. The molecule has 0 heterocycles. The van der Waals surface area contributed by atoms with Gasteiger partial charge < -0.3 is 4.74 Å². The van der Waals surface area contributed by atoms with E-state index in [0.29, 0.717) is 0 Å². The molecule has 0 aliphatic carbocycles. The summed E-state index contributed by atoms with van der Waals surface area (Å²) < 4.78 is 18.7. The topological polar surface area (TPSA) is 69.4 Å². The van der Waals surface area contributed by atoms with Crippen molar-refractivity contribution < 1.29 is 18.8 Å². The van der Waals surface area contributed by atoms with Crippen molar-refractivity contribution in [3.05, 3.63) is 88.3 Å². The zero-order chi connectivity index (χ0) is 21.1. The Balaban J connectivity index is 1.96. The molecule has 0 N–H and O–H groups in total. The number of unbranched alkanes of at least 4 members (excludes halogenated alkanes) is 2. The number of benzene rings is 2. The Labute approximate surface area is 169 Å². The average molecular weight is 397 g/mol. The van der Waals surface area contributed by atoms with Crippen LogP contribution in [-0.4, -0.2) is 10.9 Å². The maximum Gasteiger partial charge on any atom is 0.315 e. The maximum atomic E-state index is 13.5. The summed E-state index contributed by atoms with van der Waals surface area (Å²) >= 11 is 0. The van der Waals surface area contributed by atoms with Crippen LogP contribution in [0, 0.1) is 15.9 Å². The molecule has 0 radical (unpaired) electrons. The minimum absolute atomic E-state index is 0.0544. The Morgan fingerprint density at radius 3 is 2.59 bits per heavy atom. The summed E-state index contributed by atoms with van der Waals surface area (Å²) in [6.45, 7) is 2.13. The summed E-state index contributed by atoms with van der Waals surface area (Å²) in [6.07, 6.45) is 9.42. The number of rotatable bonds is 10. The first-order chi connectivity index (χ1) is 14.0. The van der Waals surface area contributed by atoms with Crippen LogP contribution < -0.4 is 4.74 Å². The molecule has 0 saturated heterocycles. The van der Waals surface area contributed by atoms with Gasteiger partial charge in [-0.1, -0.05) is 50.1 Å². The van der Waals surface area contributed by atoms with E-state index in [1.165, 1.54) is 36.4 Å². The highest BCUT2D eigenvalue weighted by Gasteiger charge is 2.07. The lowest BCUT2D eigenvalue weighted by Gasteiger charge is -2.07. The summed E-state index contributed by atoms with van der Waals surface area (Å²) in [4.78, 5) is 22.0. The Morgan fingerprint density at radius 2 is 1.93 bits per heavy atom. The first-order valence-corrected chi connectivity index (χ1v) is 9.56. The van der Waals surface area contributed by atoms with Gasteiger partial charge in [0, 0.05) is 12.1 Å². The first-order valence-electron chi connectivity index (χ1n) is 9.56. The number of nitro groups is 1. The quantitative estimate of drug-likeness (QED) is 0.119. The summed E-state index contributed by atoms with van der Waals surface area (Å²) in [7, 11) is 0. The summed E-state index contributed by atoms with van der Waals surface area (Å²) in [6, 6.07) is 11.8. The molecule has 0 amide bonds. The molecule has 0 atom stereocenters. The third-order valence-corrected chi connectivity index (χ3v) is 4.24. The smallest absolute Gasteiger partial charge is 0.315 e. The molecule has 6 heteroatoms. The van der Waals surface area contributed by atoms with Crippen LogP contribution in [0.3, 0.4) is 0 Å².